The molecule has 4 aromatic rings. The first-order valence-corrected chi connectivity index (χ1v) is 10.8. The fourth-order valence-electron chi connectivity index (χ4n) is 3.92. The van der Waals surface area contributed by atoms with E-state index >= 15 is 0 Å². The first-order chi connectivity index (χ1) is 16.1. The molecule has 0 amide bonds. The van der Waals surface area contributed by atoms with E-state index in [0.29, 0.717) is 34.0 Å². The number of methoxy groups -OCH3 is 1. The second-order valence-electron chi connectivity index (χ2n) is 8.97. The van der Waals surface area contributed by atoms with Gasteiger partial charge in [0.15, 0.2) is 17.7 Å². The van der Waals surface area contributed by atoms with E-state index in [4.69, 9.17) is 4.74 Å². The summed E-state index contributed by atoms with van der Waals surface area (Å²) in [6.07, 6.45) is 1.42. The van der Waals surface area contributed by atoms with E-state index in [9.17, 15) is 20.2 Å². The second-order valence-corrected chi connectivity index (χ2v) is 8.97. The van der Waals surface area contributed by atoms with Crippen molar-refractivity contribution in [3.8, 4) is 45.6 Å². The highest BCUT2D eigenvalue weighted by atomic mass is 16.5. The maximum atomic E-state index is 13.4. The van der Waals surface area contributed by atoms with Crippen molar-refractivity contribution in [3.05, 3.63) is 83.7 Å². The van der Waals surface area contributed by atoms with Gasteiger partial charge < -0.3 is 20.2 Å². The third-order valence-corrected chi connectivity index (χ3v) is 5.64. The Hall–Kier alpha value is -4.26. The zero-order valence-corrected chi connectivity index (χ0v) is 19.4. The van der Waals surface area contributed by atoms with Crippen molar-refractivity contribution in [2.75, 3.05) is 7.11 Å². The van der Waals surface area contributed by atoms with E-state index in [1.807, 2.05) is 0 Å². The summed E-state index contributed by atoms with van der Waals surface area (Å²) in [5.41, 5.74) is 1.71. The molecule has 0 spiro atoms. The van der Waals surface area contributed by atoms with Crippen LogP contribution in [0.1, 0.15) is 31.1 Å². The number of rotatable bonds is 5. The highest BCUT2D eigenvalue weighted by Crippen LogP contribution is 2.47. The molecular formula is C27H26N2O5. The zero-order valence-electron chi connectivity index (χ0n) is 19.4. The summed E-state index contributed by atoms with van der Waals surface area (Å²) < 4.78 is 7.72. The minimum atomic E-state index is -0.814. The third-order valence-electron chi connectivity index (χ3n) is 5.64. The number of ether oxygens (including phenoxy) is 1. The lowest BCUT2D eigenvalue weighted by Gasteiger charge is -2.19. The predicted octanol–water partition coefficient (Wildman–Crippen LogP) is 5.09. The van der Waals surface area contributed by atoms with Gasteiger partial charge in [0, 0.05) is 34.4 Å². The number of aromatic hydroxyl groups is 2. The molecule has 174 valence electrons. The van der Waals surface area contributed by atoms with Crippen molar-refractivity contribution in [3.63, 3.8) is 0 Å². The van der Waals surface area contributed by atoms with Crippen LogP contribution in [0.5, 0.6) is 17.4 Å². The van der Waals surface area contributed by atoms with Crippen LogP contribution in [0.2, 0.25) is 0 Å². The molecule has 2 heterocycles. The Morgan fingerprint density at radius 1 is 0.971 bits per heavy atom. The predicted molar refractivity (Wildman–Crippen MR) is 129 cm³/mol. The average molecular weight is 459 g/mol. The molecule has 0 radical (unpaired) electrons. The van der Waals surface area contributed by atoms with E-state index in [2.05, 4.69) is 0 Å². The van der Waals surface area contributed by atoms with Gasteiger partial charge in [0.2, 0.25) is 11.6 Å². The Morgan fingerprint density at radius 2 is 1.62 bits per heavy atom. The van der Waals surface area contributed by atoms with Gasteiger partial charge in [-0.2, -0.15) is 4.73 Å². The van der Waals surface area contributed by atoms with Crippen molar-refractivity contribution in [2.24, 2.45) is 5.41 Å². The van der Waals surface area contributed by atoms with Gasteiger partial charge in [-0.1, -0.05) is 32.9 Å². The summed E-state index contributed by atoms with van der Waals surface area (Å²) in [4.78, 5) is 13.4. The van der Waals surface area contributed by atoms with Crippen LogP contribution in [0.4, 0.5) is 0 Å². The Kier molecular flexibility index (Phi) is 5.79. The summed E-state index contributed by atoms with van der Waals surface area (Å²) >= 11 is 0. The van der Waals surface area contributed by atoms with Gasteiger partial charge in [0.25, 0.3) is 0 Å². The van der Waals surface area contributed by atoms with E-state index in [1.165, 1.54) is 17.9 Å². The average Bonchev–Trinajstić information content (AvgIpc) is 3.08. The van der Waals surface area contributed by atoms with Gasteiger partial charge in [-0.25, -0.2) is 0 Å². The molecule has 0 atom stereocenters. The highest BCUT2D eigenvalue weighted by Gasteiger charge is 2.35. The molecule has 2 N–H and O–H groups in total. The van der Waals surface area contributed by atoms with Crippen LogP contribution >= 0.6 is 0 Å². The molecule has 0 unspecified atom stereocenters. The van der Waals surface area contributed by atoms with Crippen molar-refractivity contribution in [1.82, 2.24) is 4.57 Å². The maximum absolute atomic E-state index is 13.4. The summed E-state index contributed by atoms with van der Waals surface area (Å²) in [6, 6.07) is 19.2. The van der Waals surface area contributed by atoms with E-state index in [1.54, 1.807) is 87.5 Å². The first kappa shape index (κ1) is 22.9. The molecule has 0 saturated heterocycles. The fourth-order valence-corrected chi connectivity index (χ4v) is 3.92. The normalized spacial score (nSPS) is 11.4. The molecule has 2 aromatic heterocycles. The summed E-state index contributed by atoms with van der Waals surface area (Å²) in [6.45, 7) is 5.26. The number of Topliss-reactive ketones (excluding diaryl/α,β-unsaturated/α-hetero) is 1. The molecule has 2 aromatic carbocycles. The number of hydrogen-bond donors (Lipinski definition) is 2. The smallest absolute Gasteiger partial charge is 0.240 e. The second kappa shape index (κ2) is 8.59. The van der Waals surface area contributed by atoms with Crippen LogP contribution in [-0.2, 0) is 0 Å². The Labute approximate surface area is 197 Å². The van der Waals surface area contributed by atoms with Crippen LogP contribution in [0, 0.1) is 10.6 Å². The van der Waals surface area contributed by atoms with Crippen molar-refractivity contribution >= 4 is 5.78 Å². The van der Waals surface area contributed by atoms with Crippen LogP contribution < -0.4 is 9.47 Å². The van der Waals surface area contributed by atoms with E-state index in [-0.39, 0.29) is 11.3 Å². The van der Waals surface area contributed by atoms with Crippen LogP contribution in [0.25, 0.3) is 28.2 Å². The quantitative estimate of drug-likeness (QED) is 0.246. The molecule has 0 aliphatic carbocycles. The van der Waals surface area contributed by atoms with E-state index < -0.39 is 17.0 Å². The van der Waals surface area contributed by atoms with Gasteiger partial charge >= 0.3 is 0 Å². The highest BCUT2D eigenvalue weighted by molar-refractivity contribution is 6.08. The summed E-state index contributed by atoms with van der Waals surface area (Å²) in [5.74, 6) is -0.795. The Morgan fingerprint density at radius 3 is 2.24 bits per heavy atom. The van der Waals surface area contributed by atoms with Gasteiger partial charge in [-0.05, 0) is 42.5 Å². The Bertz CT molecular complexity index is 1370. The molecule has 0 aliphatic heterocycles. The molecule has 0 bridgehead atoms. The minimum absolute atomic E-state index is 0.0130. The lowest BCUT2D eigenvalue weighted by atomic mass is 9.85. The standard InChI is InChI=1S/C27H26N2O5/c1-27(2,3)25(31)22-23(19-9-5-6-11-21(19)34-4)29(26(32)24(22)30)18-14-12-17(13-15-18)20-10-7-8-16-28(20)33/h5-16,30,32H,1-4H3. The fraction of sp³-hybridized carbons (Fsp3) is 0.185. The molecule has 0 fully saturated rings. The van der Waals surface area contributed by atoms with Crippen LogP contribution in [0.15, 0.2) is 72.9 Å². The number of aromatic nitrogens is 2. The number of carbonyl (C=O) groups excluding carboxylic acids is 1. The minimum Gasteiger partial charge on any atom is -0.618 e. The zero-order chi connectivity index (χ0) is 24.6. The maximum Gasteiger partial charge on any atom is 0.240 e. The van der Waals surface area contributed by atoms with Gasteiger partial charge in [-0.3, -0.25) is 9.36 Å². The SMILES string of the molecule is COc1ccccc1-c1c(C(=O)C(C)(C)C)c(O)c(O)n1-c1ccc(-c2cccc[n+]2[O-])cc1. The van der Waals surface area contributed by atoms with Gasteiger partial charge in [0.05, 0.1) is 18.4 Å². The van der Waals surface area contributed by atoms with Crippen LogP contribution in [-0.4, -0.2) is 27.7 Å². The van der Waals surface area contributed by atoms with Crippen molar-refractivity contribution in [1.29, 1.82) is 0 Å². The molecule has 0 saturated carbocycles. The molecular weight excluding hydrogens is 432 g/mol. The topological polar surface area (TPSA) is 98.6 Å². The van der Waals surface area contributed by atoms with Crippen molar-refractivity contribution in [2.45, 2.75) is 20.8 Å². The lowest BCUT2D eigenvalue weighted by molar-refractivity contribution is -0.593. The molecule has 7 nitrogen and oxygen atoms in total. The van der Waals surface area contributed by atoms with Crippen molar-refractivity contribution < 1.29 is 24.5 Å². The molecule has 7 heteroatoms. The number of benzene rings is 2. The number of pyridine rings is 1. The number of hydrogen-bond acceptors (Lipinski definition) is 5. The number of nitrogens with zero attached hydrogens (tertiary/aromatic N) is 2. The third kappa shape index (κ3) is 3.85. The lowest BCUT2D eigenvalue weighted by Crippen LogP contribution is -2.27. The monoisotopic (exact) mass is 458 g/mol. The largest absolute Gasteiger partial charge is 0.618 e. The Balaban J connectivity index is 1.98. The summed E-state index contributed by atoms with van der Waals surface area (Å²) in [7, 11) is 1.52. The van der Waals surface area contributed by atoms with E-state index in [0.717, 1.165) is 4.73 Å². The van der Waals surface area contributed by atoms with Gasteiger partial charge in [-0.15, -0.1) is 0 Å². The molecule has 0 aliphatic rings. The summed E-state index contributed by atoms with van der Waals surface area (Å²) in [5, 5.41) is 34.0. The number of para-hydroxylation sites is 1. The molecule has 4 rings (SSSR count). The van der Waals surface area contributed by atoms with Crippen LogP contribution in [0.3, 0.4) is 0 Å². The first-order valence-electron chi connectivity index (χ1n) is 10.8. The number of ketones is 1. The number of carbonyl (C=O) groups is 1. The van der Waals surface area contributed by atoms with Gasteiger partial charge in [0.1, 0.15) is 5.75 Å². The molecule has 34 heavy (non-hydrogen) atoms.